The molecule has 1 rings (SSSR count). The molecule has 1 aromatic rings. The number of Topliss-reactive ketones (excluding diaryl/α,β-unsaturated/α-hetero) is 1. The summed E-state index contributed by atoms with van der Waals surface area (Å²) in [6.45, 7) is 2.89. The monoisotopic (exact) mass is 310 g/mol. The summed E-state index contributed by atoms with van der Waals surface area (Å²) in [6.07, 6.45) is 0.366. The second-order valence-electron chi connectivity index (χ2n) is 4.77. The van der Waals surface area contributed by atoms with Crippen LogP contribution in [0.2, 0.25) is 0 Å². The molecule has 0 bridgehead atoms. The molecule has 0 saturated carbocycles. The van der Waals surface area contributed by atoms with E-state index in [1.807, 2.05) is 30.3 Å². The van der Waals surface area contributed by atoms with Gasteiger partial charge < -0.3 is 10.6 Å². The predicted octanol–water partition coefficient (Wildman–Crippen LogP) is 1.05. The fourth-order valence-corrected chi connectivity index (χ4v) is 2.04. The Balaban J connectivity index is 2.72. The number of ketones is 1. The quantitative estimate of drug-likeness (QED) is 0.739. The fraction of sp³-hybridized carbons (Fsp3) is 0.400. The lowest BCUT2D eigenvalue weighted by molar-refractivity contribution is -0.130. The zero-order valence-corrected chi connectivity index (χ0v) is 12.8. The maximum atomic E-state index is 12.0. The minimum atomic E-state index is -0.705. The molecule has 0 aliphatic rings. The highest BCUT2D eigenvalue weighted by Crippen LogP contribution is 2.05. The Morgan fingerprint density at radius 3 is 2.29 bits per heavy atom. The zero-order valence-electron chi connectivity index (χ0n) is 12.1. The molecular weight excluding hydrogens is 292 g/mol. The molecule has 0 aliphatic heterocycles. The summed E-state index contributed by atoms with van der Waals surface area (Å²) in [5.74, 6) is -1.15. The van der Waals surface area contributed by atoms with Crippen LogP contribution in [0.4, 0.5) is 0 Å². The van der Waals surface area contributed by atoms with Gasteiger partial charge in [0.2, 0.25) is 11.8 Å². The lowest BCUT2D eigenvalue weighted by Gasteiger charge is -2.20. The van der Waals surface area contributed by atoms with Crippen molar-refractivity contribution in [3.05, 3.63) is 35.9 Å². The summed E-state index contributed by atoms with van der Waals surface area (Å²) in [4.78, 5) is 34.8. The van der Waals surface area contributed by atoms with Crippen molar-refractivity contribution in [1.82, 2.24) is 10.6 Å². The third kappa shape index (κ3) is 5.95. The predicted molar refractivity (Wildman–Crippen MR) is 81.1 cm³/mol. The molecule has 2 amide bonds. The Morgan fingerprint density at radius 1 is 1.14 bits per heavy atom. The van der Waals surface area contributed by atoms with Crippen molar-refractivity contribution >= 4 is 29.2 Å². The first-order valence-electron chi connectivity index (χ1n) is 6.64. The summed E-state index contributed by atoms with van der Waals surface area (Å²) in [5, 5.41) is 5.11. The minimum absolute atomic E-state index is 0.174. The van der Waals surface area contributed by atoms with Gasteiger partial charge in [-0.2, -0.15) is 0 Å². The lowest BCUT2D eigenvalue weighted by atomic mass is 10.0. The van der Waals surface area contributed by atoms with E-state index in [1.54, 1.807) is 6.92 Å². The molecule has 0 fully saturated rings. The van der Waals surface area contributed by atoms with Crippen LogP contribution in [-0.2, 0) is 20.8 Å². The Bertz CT molecular complexity index is 505. The van der Waals surface area contributed by atoms with Crippen molar-refractivity contribution in [1.29, 1.82) is 0 Å². The van der Waals surface area contributed by atoms with Crippen LogP contribution in [0.3, 0.4) is 0 Å². The van der Waals surface area contributed by atoms with Crippen LogP contribution in [0.15, 0.2) is 30.3 Å². The maximum Gasteiger partial charge on any atom is 0.242 e. The summed E-state index contributed by atoms with van der Waals surface area (Å²) in [5.41, 5.74) is 0.924. The van der Waals surface area contributed by atoms with E-state index in [2.05, 4.69) is 10.6 Å². The number of benzene rings is 1. The van der Waals surface area contributed by atoms with Crippen LogP contribution in [0, 0.1) is 0 Å². The SMILES string of the molecule is CC(=O)N[C@@H](C)C(=O)N[C@@H](Cc1ccccc1)C(=O)CCl. The molecular formula is C15H19ClN2O3. The van der Waals surface area contributed by atoms with Gasteiger partial charge in [-0.1, -0.05) is 30.3 Å². The van der Waals surface area contributed by atoms with Crippen LogP contribution >= 0.6 is 11.6 Å². The third-order valence-corrected chi connectivity index (χ3v) is 3.20. The normalized spacial score (nSPS) is 13.1. The first-order valence-corrected chi connectivity index (χ1v) is 7.17. The Hall–Kier alpha value is -1.88. The van der Waals surface area contributed by atoms with E-state index in [4.69, 9.17) is 11.6 Å². The number of carbonyl (C=O) groups excluding carboxylic acids is 3. The van der Waals surface area contributed by atoms with Gasteiger partial charge in [0.1, 0.15) is 6.04 Å². The highest BCUT2D eigenvalue weighted by atomic mass is 35.5. The summed E-state index contributed by atoms with van der Waals surface area (Å²) in [7, 11) is 0. The van der Waals surface area contributed by atoms with E-state index >= 15 is 0 Å². The second-order valence-corrected chi connectivity index (χ2v) is 5.04. The highest BCUT2D eigenvalue weighted by molar-refractivity contribution is 6.28. The molecule has 0 heterocycles. The molecule has 114 valence electrons. The molecule has 0 aliphatic carbocycles. The smallest absolute Gasteiger partial charge is 0.242 e. The number of carbonyl (C=O) groups is 3. The van der Waals surface area contributed by atoms with E-state index in [0.29, 0.717) is 6.42 Å². The van der Waals surface area contributed by atoms with Crippen molar-refractivity contribution in [2.45, 2.75) is 32.4 Å². The number of amides is 2. The first kappa shape index (κ1) is 17.2. The van der Waals surface area contributed by atoms with E-state index in [0.717, 1.165) is 5.56 Å². The van der Waals surface area contributed by atoms with Gasteiger partial charge in [-0.25, -0.2) is 0 Å². The summed E-state index contributed by atoms with van der Waals surface area (Å²) >= 11 is 5.59. The average Bonchev–Trinajstić information content (AvgIpc) is 2.46. The topological polar surface area (TPSA) is 75.3 Å². The molecule has 21 heavy (non-hydrogen) atoms. The van der Waals surface area contributed by atoms with Gasteiger partial charge in [0, 0.05) is 6.92 Å². The van der Waals surface area contributed by atoms with Gasteiger partial charge in [0.25, 0.3) is 0 Å². The van der Waals surface area contributed by atoms with E-state index in [1.165, 1.54) is 6.92 Å². The average molecular weight is 311 g/mol. The van der Waals surface area contributed by atoms with E-state index in [-0.39, 0.29) is 17.6 Å². The number of hydrogen-bond acceptors (Lipinski definition) is 3. The minimum Gasteiger partial charge on any atom is -0.345 e. The third-order valence-electron chi connectivity index (χ3n) is 2.93. The number of nitrogens with one attached hydrogen (secondary N) is 2. The standard InChI is InChI=1S/C15H19ClN2O3/c1-10(17-11(2)19)15(21)18-13(14(20)9-16)8-12-6-4-3-5-7-12/h3-7,10,13H,8-9H2,1-2H3,(H,17,19)(H,18,21)/t10-,13-/m0/s1. The van der Waals surface area contributed by atoms with Gasteiger partial charge in [-0.15, -0.1) is 11.6 Å². The van der Waals surface area contributed by atoms with Crippen molar-refractivity contribution in [2.24, 2.45) is 0 Å². The molecule has 0 unspecified atom stereocenters. The molecule has 0 radical (unpaired) electrons. The molecule has 2 atom stereocenters. The van der Waals surface area contributed by atoms with Crippen LogP contribution in [0.5, 0.6) is 0 Å². The van der Waals surface area contributed by atoms with Crippen LogP contribution in [0.25, 0.3) is 0 Å². The van der Waals surface area contributed by atoms with Crippen molar-refractivity contribution in [2.75, 3.05) is 5.88 Å². The van der Waals surface area contributed by atoms with Gasteiger partial charge >= 0.3 is 0 Å². The van der Waals surface area contributed by atoms with Crippen molar-refractivity contribution < 1.29 is 14.4 Å². The molecule has 0 spiro atoms. The second kappa shape index (κ2) is 8.42. The molecule has 6 heteroatoms. The summed E-state index contributed by atoms with van der Waals surface area (Å²) in [6, 6.07) is 7.94. The van der Waals surface area contributed by atoms with E-state index in [9.17, 15) is 14.4 Å². The van der Waals surface area contributed by atoms with Gasteiger partial charge in [0.15, 0.2) is 5.78 Å². The zero-order chi connectivity index (χ0) is 15.8. The first-order chi connectivity index (χ1) is 9.93. The van der Waals surface area contributed by atoms with Gasteiger partial charge in [0.05, 0.1) is 11.9 Å². The fourth-order valence-electron chi connectivity index (χ4n) is 1.86. The number of rotatable bonds is 7. The lowest BCUT2D eigenvalue weighted by Crippen LogP contribution is -2.51. The van der Waals surface area contributed by atoms with Crippen LogP contribution in [-0.4, -0.2) is 35.6 Å². The largest absolute Gasteiger partial charge is 0.345 e. The van der Waals surface area contributed by atoms with Crippen LogP contribution < -0.4 is 10.6 Å². The number of hydrogen-bond donors (Lipinski definition) is 2. The van der Waals surface area contributed by atoms with E-state index < -0.39 is 18.0 Å². The molecule has 5 nitrogen and oxygen atoms in total. The van der Waals surface area contributed by atoms with Crippen molar-refractivity contribution in [3.8, 4) is 0 Å². The van der Waals surface area contributed by atoms with Gasteiger partial charge in [-0.05, 0) is 18.9 Å². The molecule has 2 N–H and O–H groups in total. The Labute approximate surface area is 129 Å². The van der Waals surface area contributed by atoms with Crippen LogP contribution in [0.1, 0.15) is 19.4 Å². The van der Waals surface area contributed by atoms with Crippen molar-refractivity contribution in [3.63, 3.8) is 0 Å². The Kier molecular flexibility index (Phi) is 6.88. The molecule has 0 saturated heterocycles. The Morgan fingerprint density at radius 2 is 1.76 bits per heavy atom. The maximum absolute atomic E-state index is 12.0. The molecule has 0 aromatic heterocycles. The highest BCUT2D eigenvalue weighted by Gasteiger charge is 2.23. The summed E-state index contributed by atoms with van der Waals surface area (Å²) < 4.78 is 0. The molecule has 1 aromatic carbocycles. The van der Waals surface area contributed by atoms with Gasteiger partial charge in [-0.3, -0.25) is 14.4 Å². The number of alkyl halides is 1. The number of halogens is 1.